The van der Waals surface area contributed by atoms with Gasteiger partial charge in [0.25, 0.3) is 0 Å². The van der Waals surface area contributed by atoms with Crippen molar-refractivity contribution < 1.29 is 17.9 Å². The number of benzene rings is 2. The van der Waals surface area contributed by atoms with Gasteiger partial charge >= 0.3 is 0 Å². The fourth-order valence-electron chi connectivity index (χ4n) is 2.02. The lowest BCUT2D eigenvalue weighted by atomic mass is 10.2. The molecule has 2 aromatic rings. The predicted molar refractivity (Wildman–Crippen MR) is 97.5 cm³/mol. The fraction of sp³-hybridized carbons (Fsp3) is 0.235. The zero-order valence-corrected chi connectivity index (χ0v) is 15.4. The molecule has 2 aromatic carbocycles. The molecule has 134 valence electrons. The molecule has 1 unspecified atom stereocenters. The molecule has 0 aliphatic heterocycles. The third-order valence-electron chi connectivity index (χ3n) is 3.28. The Hall–Kier alpha value is -2.09. The summed E-state index contributed by atoms with van der Waals surface area (Å²) in [6.07, 6.45) is 0. The van der Waals surface area contributed by atoms with Crippen LogP contribution < -0.4 is 14.8 Å². The minimum absolute atomic E-state index is 0.0395. The van der Waals surface area contributed by atoms with Crippen molar-refractivity contribution >= 4 is 33.2 Å². The number of sulfonamides is 1. The van der Waals surface area contributed by atoms with Gasteiger partial charge in [0.1, 0.15) is 5.75 Å². The van der Waals surface area contributed by atoms with E-state index in [1.807, 2.05) is 6.92 Å². The summed E-state index contributed by atoms with van der Waals surface area (Å²) in [4.78, 5) is 12.2. The van der Waals surface area contributed by atoms with Gasteiger partial charge in [0, 0.05) is 10.7 Å². The van der Waals surface area contributed by atoms with Crippen LogP contribution in [-0.2, 0) is 14.8 Å². The number of hydrogen-bond donors (Lipinski definition) is 2. The maximum Gasteiger partial charge on any atom is 0.242 e. The molecule has 25 heavy (non-hydrogen) atoms. The average molecular weight is 383 g/mol. The Bertz CT molecular complexity index is 821. The van der Waals surface area contributed by atoms with Crippen molar-refractivity contribution in [3.05, 3.63) is 53.6 Å². The van der Waals surface area contributed by atoms with Gasteiger partial charge < -0.3 is 10.1 Å². The zero-order valence-electron chi connectivity index (χ0n) is 13.8. The van der Waals surface area contributed by atoms with Crippen molar-refractivity contribution in [2.24, 2.45) is 0 Å². The van der Waals surface area contributed by atoms with E-state index >= 15 is 0 Å². The van der Waals surface area contributed by atoms with Crippen LogP contribution in [0, 0.1) is 0 Å². The van der Waals surface area contributed by atoms with E-state index in [-0.39, 0.29) is 4.90 Å². The van der Waals surface area contributed by atoms with Gasteiger partial charge in [0.2, 0.25) is 15.9 Å². The number of rotatable bonds is 7. The van der Waals surface area contributed by atoms with E-state index < -0.39 is 22.0 Å². The molecule has 1 amide bonds. The largest absolute Gasteiger partial charge is 0.494 e. The van der Waals surface area contributed by atoms with E-state index in [1.54, 1.807) is 24.3 Å². The van der Waals surface area contributed by atoms with Crippen molar-refractivity contribution in [1.29, 1.82) is 0 Å². The summed E-state index contributed by atoms with van der Waals surface area (Å²) in [6, 6.07) is 11.6. The lowest BCUT2D eigenvalue weighted by Gasteiger charge is -2.15. The highest BCUT2D eigenvalue weighted by Gasteiger charge is 2.22. The first-order chi connectivity index (χ1) is 11.8. The molecule has 0 saturated heterocycles. The second-order valence-corrected chi connectivity index (χ2v) is 7.39. The van der Waals surface area contributed by atoms with Gasteiger partial charge in [-0.2, -0.15) is 4.72 Å². The highest BCUT2D eigenvalue weighted by molar-refractivity contribution is 7.89. The van der Waals surface area contributed by atoms with Crippen LogP contribution in [0.1, 0.15) is 13.8 Å². The second-order valence-electron chi connectivity index (χ2n) is 5.24. The summed E-state index contributed by atoms with van der Waals surface area (Å²) in [6.45, 7) is 3.90. The van der Waals surface area contributed by atoms with Gasteiger partial charge in [-0.1, -0.05) is 11.6 Å². The number of amides is 1. The Kier molecular flexibility index (Phi) is 6.41. The van der Waals surface area contributed by atoms with Crippen LogP contribution in [0.15, 0.2) is 53.4 Å². The van der Waals surface area contributed by atoms with Crippen LogP contribution in [0.25, 0.3) is 0 Å². The first-order valence-electron chi connectivity index (χ1n) is 7.63. The Morgan fingerprint density at radius 2 is 1.72 bits per heavy atom. The molecule has 0 saturated carbocycles. The van der Waals surface area contributed by atoms with E-state index in [0.29, 0.717) is 23.1 Å². The zero-order chi connectivity index (χ0) is 18.4. The molecule has 1 atom stereocenters. The molecule has 2 N–H and O–H groups in total. The molecule has 0 aromatic heterocycles. The number of halogens is 1. The third kappa shape index (κ3) is 5.45. The molecule has 0 bridgehead atoms. The SMILES string of the molecule is CCOc1ccc(NC(=O)C(C)NS(=O)(=O)c2ccc(Cl)cc2)cc1. The molecular formula is C17H19ClN2O4S. The smallest absolute Gasteiger partial charge is 0.242 e. The van der Waals surface area contributed by atoms with Crippen molar-refractivity contribution in [3.63, 3.8) is 0 Å². The first kappa shape index (κ1) is 19.2. The molecule has 6 nitrogen and oxygen atoms in total. The van der Waals surface area contributed by atoms with Crippen LogP contribution in [-0.4, -0.2) is 27.0 Å². The Balaban J connectivity index is 2.00. The van der Waals surface area contributed by atoms with Crippen molar-refractivity contribution in [1.82, 2.24) is 4.72 Å². The maximum absolute atomic E-state index is 12.3. The van der Waals surface area contributed by atoms with E-state index in [9.17, 15) is 13.2 Å². The minimum atomic E-state index is -3.82. The minimum Gasteiger partial charge on any atom is -0.494 e. The predicted octanol–water partition coefficient (Wildman–Crippen LogP) is 3.04. The highest BCUT2D eigenvalue weighted by Crippen LogP contribution is 2.17. The summed E-state index contributed by atoms with van der Waals surface area (Å²) in [7, 11) is -3.82. The molecule has 0 spiro atoms. The van der Waals surface area contributed by atoms with Crippen molar-refractivity contribution in [3.8, 4) is 5.75 Å². The maximum atomic E-state index is 12.3. The van der Waals surface area contributed by atoms with Crippen LogP contribution in [0.3, 0.4) is 0 Å². The molecular weight excluding hydrogens is 364 g/mol. The summed E-state index contributed by atoms with van der Waals surface area (Å²) >= 11 is 5.75. The summed E-state index contributed by atoms with van der Waals surface area (Å²) in [5.74, 6) is 0.221. The fourth-order valence-corrected chi connectivity index (χ4v) is 3.35. The lowest BCUT2D eigenvalue weighted by molar-refractivity contribution is -0.117. The third-order valence-corrected chi connectivity index (χ3v) is 5.09. The van der Waals surface area contributed by atoms with Gasteiger partial charge in [0.15, 0.2) is 0 Å². The number of carbonyl (C=O) groups excluding carboxylic acids is 1. The van der Waals surface area contributed by atoms with E-state index in [2.05, 4.69) is 10.0 Å². The van der Waals surface area contributed by atoms with Crippen molar-refractivity contribution in [2.75, 3.05) is 11.9 Å². The number of hydrogen-bond acceptors (Lipinski definition) is 4. The van der Waals surface area contributed by atoms with Gasteiger partial charge in [0.05, 0.1) is 17.5 Å². The molecule has 8 heteroatoms. The number of anilines is 1. The average Bonchev–Trinajstić information content (AvgIpc) is 2.57. The number of nitrogens with one attached hydrogen (secondary N) is 2. The van der Waals surface area contributed by atoms with Crippen molar-refractivity contribution in [2.45, 2.75) is 24.8 Å². The van der Waals surface area contributed by atoms with Gasteiger partial charge in [-0.3, -0.25) is 4.79 Å². The molecule has 0 aliphatic carbocycles. The normalized spacial score (nSPS) is 12.4. The van der Waals surface area contributed by atoms with Gasteiger partial charge in [-0.05, 0) is 62.4 Å². The lowest BCUT2D eigenvalue weighted by Crippen LogP contribution is -2.41. The van der Waals surface area contributed by atoms with E-state index in [1.165, 1.54) is 31.2 Å². The van der Waals surface area contributed by atoms with Crippen LogP contribution in [0.2, 0.25) is 5.02 Å². The highest BCUT2D eigenvalue weighted by atomic mass is 35.5. The van der Waals surface area contributed by atoms with Crippen LogP contribution >= 0.6 is 11.6 Å². The second kappa shape index (κ2) is 8.33. The molecule has 0 radical (unpaired) electrons. The topological polar surface area (TPSA) is 84.5 Å². The number of ether oxygens (including phenoxy) is 1. The first-order valence-corrected chi connectivity index (χ1v) is 9.49. The molecule has 2 rings (SSSR count). The molecule has 0 aliphatic rings. The Morgan fingerprint density at radius 3 is 2.28 bits per heavy atom. The summed E-state index contributed by atoms with van der Waals surface area (Å²) in [5, 5.41) is 3.08. The van der Waals surface area contributed by atoms with Crippen LogP contribution in [0.4, 0.5) is 5.69 Å². The monoisotopic (exact) mass is 382 g/mol. The van der Waals surface area contributed by atoms with Gasteiger partial charge in [-0.15, -0.1) is 0 Å². The van der Waals surface area contributed by atoms with E-state index in [0.717, 1.165) is 0 Å². The Morgan fingerprint density at radius 1 is 1.12 bits per heavy atom. The quantitative estimate of drug-likeness (QED) is 0.770. The van der Waals surface area contributed by atoms with Crippen LogP contribution in [0.5, 0.6) is 5.75 Å². The standard InChI is InChI=1S/C17H19ClN2O4S/c1-3-24-15-8-6-14(7-9-15)19-17(21)12(2)20-25(22,23)16-10-4-13(18)5-11-16/h4-12,20H,3H2,1-2H3,(H,19,21). The molecule has 0 fully saturated rings. The Labute approximate surface area is 152 Å². The van der Waals surface area contributed by atoms with Gasteiger partial charge in [-0.25, -0.2) is 8.42 Å². The van der Waals surface area contributed by atoms with E-state index in [4.69, 9.17) is 16.3 Å². The summed E-state index contributed by atoms with van der Waals surface area (Å²) in [5.41, 5.74) is 0.547. The summed E-state index contributed by atoms with van der Waals surface area (Å²) < 4.78 is 32.2. The number of carbonyl (C=O) groups is 1. The molecule has 0 heterocycles.